The quantitative estimate of drug-likeness (QED) is 0.772. The van der Waals surface area contributed by atoms with Crippen LogP contribution in [0.3, 0.4) is 0 Å². The SMILES string of the molecule is Cc1nc2scc(-c3ccc4c(c3)N(C)C(=O)CO4)n2c1C(=O)O. The van der Waals surface area contributed by atoms with Gasteiger partial charge in [0, 0.05) is 18.0 Å². The Morgan fingerprint density at radius 2 is 2.21 bits per heavy atom. The molecule has 0 aliphatic carbocycles. The van der Waals surface area contributed by atoms with Gasteiger partial charge in [0.15, 0.2) is 17.3 Å². The first-order valence-electron chi connectivity index (χ1n) is 7.21. The van der Waals surface area contributed by atoms with E-state index in [-0.39, 0.29) is 18.2 Å². The largest absolute Gasteiger partial charge is 0.482 e. The summed E-state index contributed by atoms with van der Waals surface area (Å²) in [7, 11) is 1.70. The van der Waals surface area contributed by atoms with Crippen LogP contribution < -0.4 is 9.64 Å². The molecule has 1 N–H and O–H groups in total. The molecule has 0 saturated heterocycles. The van der Waals surface area contributed by atoms with Crippen LogP contribution in [-0.2, 0) is 4.79 Å². The number of ether oxygens (including phenoxy) is 1. The van der Waals surface area contributed by atoms with Gasteiger partial charge < -0.3 is 14.7 Å². The van der Waals surface area contributed by atoms with E-state index in [9.17, 15) is 14.7 Å². The van der Waals surface area contributed by atoms with Crippen molar-refractivity contribution in [1.82, 2.24) is 9.38 Å². The Labute approximate surface area is 140 Å². The number of amides is 1. The highest BCUT2D eigenvalue weighted by atomic mass is 32.1. The molecule has 0 radical (unpaired) electrons. The number of benzene rings is 1. The van der Waals surface area contributed by atoms with Crippen LogP contribution in [0.25, 0.3) is 16.2 Å². The summed E-state index contributed by atoms with van der Waals surface area (Å²) < 4.78 is 7.06. The van der Waals surface area contributed by atoms with Crippen LogP contribution in [0.4, 0.5) is 5.69 Å². The normalized spacial score (nSPS) is 13.9. The van der Waals surface area contributed by atoms with Gasteiger partial charge in [-0.15, -0.1) is 11.3 Å². The Morgan fingerprint density at radius 1 is 1.42 bits per heavy atom. The predicted octanol–water partition coefficient (Wildman–Crippen LogP) is 2.42. The summed E-state index contributed by atoms with van der Waals surface area (Å²) in [5.74, 6) is -0.513. The first-order valence-corrected chi connectivity index (χ1v) is 8.09. The molecule has 7 nitrogen and oxygen atoms in total. The van der Waals surface area contributed by atoms with E-state index in [0.717, 1.165) is 11.3 Å². The number of carboxylic acid groups (broad SMARTS) is 1. The molecule has 0 bridgehead atoms. The number of likely N-dealkylation sites (N-methyl/N-ethyl adjacent to an activating group) is 1. The van der Waals surface area contributed by atoms with E-state index in [1.165, 1.54) is 11.3 Å². The van der Waals surface area contributed by atoms with Crippen molar-refractivity contribution < 1.29 is 19.4 Å². The molecule has 1 aliphatic heterocycles. The zero-order chi connectivity index (χ0) is 17.0. The molecule has 24 heavy (non-hydrogen) atoms. The van der Waals surface area contributed by atoms with Crippen molar-refractivity contribution in [2.75, 3.05) is 18.6 Å². The Kier molecular flexibility index (Phi) is 3.10. The molecular formula is C16H13N3O4S. The molecule has 0 atom stereocenters. The molecule has 0 spiro atoms. The van der Waals surface area contributed by atoms with Gasteiger partial charge >= 0.3 is 5.97 Å². The third kappa shape index (κ3) is 2.00. The van der Waals surface area contributed by atoms with Gasteiger partial charge in [-0.25, -0.2) is 9.78 Å². The van der Waals surface area contributed by atoms with Crippen molar-refractivity contribution in [2.24, 2.45) is 0 Å². The number of carbonyl (C=O) groups excluding carboxylic acids is 1. The molecule has 0 saturated carbocycles. The van der Waals surface area contributed by atoms with Gasteiger partial charge in [-0.1, -0.05) is 0 Å². The first kappa shape index (κ1) is 14.7. The zero-order valence-electron chi connectivity index (χ0n) is 12.9. The molecule has 1 aromatic carbocycles. The van der Waals surface area contributed by atoms with Crippen molar-refractivity contribution in [1.29, 1.82) is 0 Å². The third-order valence-corrected chi connectivity index (χ3v) is 4.91. The Hall–Kier alpha value is -2.87. The zero-order valence-corrected chi connectivity index (χ0v) is 13.8. The molecular weight excluding hydrogens is 330 g/mol. The lowest BCUT2D eigenvalue weighted by molar-refractivity contribution is -0.120. The fourth-order valence-corrected chi connectivity index (χ4v) is 3.79. The van der Waals surface area contributed by atoms with Gasteiger partial charge in [0.2, 0.25) is 0 Å². The van der Waals surface area contributed by atoms with E-state index in [4.69, 9.17) is 4.74 Å². The number of imidazole rings is 1. The topological polar surface area (TPSA) is 84.1 Å². The van der Waals surface area contributed by atoms with E-state index in [0.29, 0.717) is 22.1 Å². The van der Waals surface area contributed by atoms with Gasteiger partial charge in [-0.3, -0.25) is 9.20 Å². The molecule has 8 heteroatoms. The first-order chi connectivity index (χ1) is 11.5. The van der Waals surface area contributed by atoms with Crippen LogP contribution in [0.1, 0.15) is 16.2 Å². The highest BCUT2D eigenvalue weighted by Gasteiger charge is 2.24. The number of fused-ring (bicyclic) bond motifs is 2. The van der Waals surface area contributed by atoms with Gasteiger partial charge in [-0.2, -0.15) is 0 Å². The van der Waals surface area contributed by atoms with E-state index < -0.39 is 5.97 Å². The number of anilines is 1. The minimum atomic E-state index is -1.02. The smallest absolute Gasteiger partial charge is 0.354 e. The second-order valence-electron chi connectivity index (χ2n) is 5.51. The summed E-state index contributed by atoms with van der Waals surface area (Å²) >= 11 is 1.38. The van der Waals surface area contributed by atoms with Crippen molar-refractivity contribution in [2.45, 2.75) is 6.92 Å². The summed E-state index contributed by atoms with van der Waals surface area (Å²) in [5, 5.41) is 11.3. The number of rotatable bonds is 2. The fourth-order valence-electron chi connectivity index (χ4n) is 2.85. The maximum atomic E-state index is 11.8. The van der Waals surface area contributed by atoms with Crippen LogP contribution in [0.2, 0.25) is 0 Å². The number of carbonyl (C=O) groups is 2. The summed E-state index contributed by atoms with van der Waals surface area (Å²) in [4.78, 5) is 29.9. The van der Waals surface area contributed by atoms with Gasteiger partial charge in [-0.05, 0) is 25.1 Å². The monoisotopic (exact) mass is 343 g/mol. The van der Waals surface area contributed by atoms with E-state index in [2.05, 4.69) is 4.98 Å². The number of hydrogen-bond acceptors (Lipinski definition) is 5. The highest BCUT2D eigenvalue weighted by Crippen LogP contribution is 2.37. The van der Waals surface area contributed by atoms with E-state index in [1.807, 2.05) is 17.5 Å². The van der Waals surface area contributed by atoms with E-state index in [1.54, 1.807) is 29.3 Å². The lowest BCUT2D eigenvalue weighted by Gasteiger charge is -2.26. The average molecular weight is 343 g/mol. The fraction of sp³-hybridized carbons (Fsp3) is 0.188. The van der Waals surface area contributed by atoms with Crippen LogP contribution in [-0.4, -0.2) is 40.0 Å². The standard InChI is InChI=1S/C16H13N3O4S/c1-8-14(15(21)22)19-11(7-24-16(19)17-8)9-3-4-12-10(5-9)18(2)13(20)6-23-12/h3-5,7H,6H2,1-2H3,(H,21,22). The second-order valence-corrected chi connectivity index (χ2v) is 6.35. The molecule has 0 fully saturated rings. The van der Waals surface area contributed by atoms with Crippen molar-refractivity contribution >= 4 is 33.9 Å². The highest BCUT2D eigenvalue weighted by molar-refractivity contribution is 7.15. The van der Waals surface area contributed by atoms with Crippen molar-refractivity contribution in [3.05, 3.63) is 35.0 Å². The van der Waals surface area contributed by atoms with Crippen LogP contribution in [0.5, 0.6) is 5.75 Å². The molecule has 122 valence electrons. The summed E-state index contributed by atoms with van der Waals surface area (Å²) in [6, 6.07) is 5.47. The second kappa shape index (κ2) is 5.07. The van der Waals surface area contributed by atoms with Crippen LogP contribution in [0.15, 0.2) is 23.6 Å². The number of aromatic nitrogens is 2. The van der Waals surface area contributed by atoms with Gasteiger partial charge in [0.05, 0.1) is 17.1 Å². The van der Waals surface area contributed by atoms with Crippen LogP contribution >= 0.6 is 11.3 Å². The maximum absolute atomic E-state index is 11.8. The lowest BCUT2D eigenvalue weighted by Crippen LogP contribution is -2.35. The Balaban J connectivity index is 1.93. The molecule has 0 unspecified atom stereocenters. The van der Waals surface area contributed by atoms with Gasteiger partial charge in [0.25, 0.3) is 5.91 Å². The number of hydrogen-bond donors (Lipinski definition) is 1. The summed E-state index contributed by atoms with van der Waals surface area (Å²) in [6.45, 7) is 1.70. The molecule has 2 aromatic heterocycles. The van der Waals surface area contributed by atoms with Crippen molar-refractivity contribution in [3.63, 3.8) is 0 Å². The lowest BCUT2D eigenvalue weighted by atomic mass is 10.1. The molecule has 1 amide bonds. The third-order valence-electron chi connectivity index (χ3n) is 4.08. The van der Waals surface area contributed by atoms with Gasteiger partial charge in [0.1, 0.15) is 5.75 Å². The Bertz CT molecular complexity index is 1000. The molecule has 4 rings (SSSR count). The Morgan fingerprint density at radius 3 is 2.96 bits per heavy atom. The minimum Gasteiger partial charge on any atom is -0.482 e. The predicted molar refractivity (Wildman–Crippen MR) is 89.1 cm³/mol. The number of nitrogens with zero attached hydrogens (tertiary/aromatic N) is 3. The van der Waals surface area contributed by atoms with Crippen LogP contribution in [0, 0.1) is 6.92 Å². The number of aryl methyl sites for hydroxylation is 1. The number of carboxylic acids is 1. The van der Waals surface area contributed by atoms with E-state index >= 15 is 0 Å². The summed E-state index contributed by atoms with van der Waals surface area (Å²) in [5.41, 5.74) is 2.81. The molecule has 3 heterocycles. The minimum absolute atomic E-state index is 0.0232. The summed E-state index contributed by atoms with van der Waals surface area (Å²) in [6.07, 6.45) is 0. The number of thiazole rings is 1. The van der Waals surface area contributed by atoms with Crippen molar-refractivity contribution in [3.8, 4) is 17.0 Å². The number of aromatic carboxylic acids is 1. The average Bonchev–Trinajstić information content (AvgIpc) is 3.08. The molecule has 1 aliphatic rings. The molecule has 3 aromatic rings. The maximum Gasteiger partial charge on any atom is 0.354 e.